The molecule has 30 heteroatoms. The monoisotopic (exact) mass is 1270 g/mol. The van der Waals surface area contributed by atoms with Crippen molar-refractivity contribution < 1.29 is 43.3 Å². The molecule has 91 heavy (non-hydrogen) atoms. The number of nitrogens with two attached hydrogens (primary N) is 4. The number of aliphatic imine (C=N–C) groups is 1. The molecule has 0 fully saturated rings. The molecule has 486 valence electrons. The number of carbonyl (C=O) groups excluding carboxylic acids is 8. The quantitative estimate of drug-likeness (QED) is 0.0105. The molecule has 0 saturated heterocycles. The number of rotatable bonds is 28. The number of H-pyrrole nitrogens is 2. The second-order valence-electron chi connectivity index (χ2n) is 22.2. The summed E-state index contributed by atoms with van der Waals surface area (Å²) in [7, 11) is 0. The molecule has 29 nitrogen and oxygen atoms in total. The number of thioether (sulfide) groups is 1. The molecule has 3 aromatic heterocycles. The van der Waals surface area contributed by atoms with Crippen molar-refractivity contribution in [2.45, 2.75) is 126 Å². The zero-order valence-electron chi connectivity index (χ0n) is 50.9. The van der Waals surface area contributed by atoms with Gasteiger partial charge in [-0.3, -0.25) is 58.1 Å². The minimum absolute atomic E-state index is 0.0236. The van der Waals surface area contributed by atoms with E-state index in [0.29, 0.717) is 73.2 Å². The van der Waals surface area contributed by atoms with Gasteiger partial charge < -0.3 is 75.0 Å². The lowest BCUT2D eigenvalue weighted by molar-refractivity contribution is -0.384. The maximum absolute atomic E-state index is 15.1. The fraction of sp³-hybridized carbons (Fsp3) is 0.426. The number of nitro benzene ring substituents is 1. The van der Waals surface area contributed by atoms with Crippen molar-refractivity contribution in [2.24, 2.45) is 27.9 Å². The first kappa shape index (κ1) is 68.8. The first-order valence-corrected chi connectivity index (χ1v) is 31.1. The third-order valence-corrected chi connectivity index (χ3v) is 16.4. The highest BCUT2D eigenvalue weighted by molar-refractivity contribution is 7.99. The average molecular weight is 1270 g/mol. The fourth-order valence-corrected chi connectivity index (χ4v) is 11.5. The fourth-order valence-electron chi connectivity index (χ4n) is 10.5. The number of nitrogens with one attached hydrogen (secondary N) is 9. The topological polar surface area (TPSA) is 446 Å². The van der Waals surface area contributed by atoms with E-state index in [2.05, 4.69) is 67.2 Å². The standard InChI is InChI=1S/C61H81N19O10S/c1-37-28-38(2)79(77-37)27-26-78(25-21-62)24-11-18-53(81)67-22-9-8-16-46(54(63)82)71-60(88)51-35-91-52-20-19-42(80(89)90)32-44(52)55(83)73-50(31-41-34-66-36-70-41)59(87)74-48(29-39-12-4-3-5-13-39)57(85)72-47(17-10-23-68-61(64)65)56(84)75-49(58(86)76-51)30-40-33-69-45-15-7-6-14-43(40)45/h3-7,12-15,19-20,28,32-34,36,46-51,69H,8-11,16-18,21-27,29-31,35,62H2,1-2H3,(H2,63,82)(H,66,70)(H,67,81)(H,71,88)(H,72,85)(H,73,83)(H,74,87)(H,75,84)(H,76,86)(H4,64,65,68)/t46-,47-,48+,49-,50-,51-/m0/s1. The van der Waals surface area contributed by atoms with E-state index >= 15 is 4.79 Å². The number of carbonyl (C=O) groups is 8. The van der Waals surface area contributed by atoms with Gasteiger partial charge >= 0.3 is 0 Å². The number of nitrogens with zero attached hydrogens (tertiary/aromatic N) is 6. The predicted molar refractivity (Wildman–Crippen MR) is 342 cm³/mol. The molecule has 0 unspecified atom stereocenters. The number of para-hydroxylation sites is 1. The van der Waals surface area contributed by atoms with Gasteiger partial charge in [-0.25, -0.2) is 4.98 Å². The largest absolute Gasteiger partial charge is 0.370 e. The van der Waals surface area contributed by atoms with Crippen LogP contribution in [0.3, 0.4) is 0 Å². The first-order valence-electron chi connectivity index (χ1n) is 30.1. The van der Waals surface area contributed by atoms with E-state index in [1.54, 1.807) is 42.6 Å². The summed E-state index contributed by atoms with van der Waals surface area (Å²) in [5.74, 6) is -6.96. The van der Waals surface area contributed by atoms with Gasteiger partial charge in [-0.05, 0) is 88.2 Å². The number of primary amides is 1. The molecule has 1 aliphatic rings. The van der Waals surface area contributed by atoms with E-state index < -0.39 is 94.0 Å². The SMILES string of the molecule is Cc1cc(C)n(CCN(CCN)CCCC(=O)NCCCC[C@H](NC(=O)[C@@H]2CSc3ccc([N+](=O)[O-])cc3C(=O)N[C@@H](Cc3cnc[nH]3)C(=O)N[C@H](Cc3ccccc3)C(=O)N[C@@H](CCCN=C(N)N)C(=O)N[C@@H](Cc3c[nH]c4ccccc34)C(=O)N2)C(N)=O)n1. The first-order chi connectivity index (χ1) is 43.7. The van der Waals surface area contributed by atoms with E-state index in [1.165, 1.54) is 18.6 Å². The molecule has 0 saturated carbocycles. The molecule has 17 N–H and O–H groups in total. The third-order valence-electron chi connectivity index (χ3n) is 15.2. The van der Waals surface area contributed by atoms with Crippen LogP contribution in [-0.4, -0.2) is 169 Å². The Balaban J connectivity index is 1.16. The summed E-state index contributed by atoms with van der Waals surface area (Å²) in [6, 6.07) is 12.7. The van der Waals surface area contributed by atoms with Gasteiger partial charge in [0, 0.05) is 116 Å². The zero-order chi connectivity index (χ0) is 65.4. The molecule has 4 heterocycles. The van der Waals surface area contributed by atoms with Crippen molar-refractivity contribution >= 4 is 81.6 Å². The number of non-ortho nitro benzene ring substituents is 1. The molecule has 1 aliphatic heterocycles. The predicted octanol–water partition coefficient (Wildman–Crippen LogP) is 0.535. The normalized spacial score (nSPS) is 18.0. The van der Waals surface area contributed by atoms with Gasteiger partial charge in [-0.15, -0.1) is 11.8 Å². The lowest BCUT2D eigenvalue weighted by Crippen LogP contribution is -2.60. The smallest absolute Gasteiger partial charge is 0.270 e. The number of imidazole rings is 1. The van der Waals surface area contributed by atoms with Gasteiger partial charge in [0.15, 0.2) is 5.96 Å². The number of unbranched alkanes of at least 4 members (excludes halogenated alkanes) is 1. The van der Waals surface area contributed by atoms with Crippen LogP contribution in [0.2, 0.25) is 0 Å². The lowest BCUT2D eigenvalue weighted by atomic mass is 10.0. The second-order valence-corrected chi connectivity index (χ2v) is 23.3. The highest BCUT2D eigenvalue weighted by atomic mass is 32.2. The number of fused-ring (bicyclic) bond motifs is 2. The van der Waals surface area contributed by atoms with Crippen LogP contribution in [0.5, 0.6) is 0 Å². The van der Waals surface area contributed by atoms with Gasteiger partial charge in [-0.1, -0.05) is 48.5 Å². The number of amides is 8. The number of guanidine groups is 1. The number of aromatic nitrogens is 5. The molecular formula is C61H81N19O10S. The van der Waals surface area contributed by atoms with Gasteiger partial charge in [0.1, 0.15) is 36.3 Å². The lowest BCUT2D eigenvalue weighted by Gasteiger charge is -2.27. The highest BCUT2D eigenvalue weighted by Crippen LogP contribution is 2.29. The van der Waals surface area contributed by atoms with Crippen molar-refractivity contribution in [2.75, 3.05) is 45.0 Å². The summed E-state index contributed by atoms with van der Waals surface area (Å²) in [4.78, 5) is 143. The van der Waals surface area contributed by atoms with E-state index in [-0.39, 0.29) is 80.4 Å². The summed E-state index contributed by atoms with van der Waals surface area (Å²) >= 11 is 0.843. The molecule has 6 atom stereocenters. The molecule has 3 aromatic carbocycles. The van der Waals surface area contributed by atoms with Crippen LogP contribution in [0.25, 0.3) is 10.9 Å². The van der Waals surface area contributed by atoms with Crippen LogP contribution in [0.1, 0.15) is 83.5 Å². The number of aromatic amines is 2. The van der Waals surface area contributed by atoms with Crippen molar-refractivity contribution in [1.29, 1.82) is 0 Å². The van der Waals surface area contributed by atoms with E-state index in [1.807, 2.05) is 42.8 Å². The van der Waals surface area contributed by atoms with Gasteiger partial charge in [0.05, 0.1) is 29.1 Å². The van der Waals surface area contributed by atoms with Gasteiger partial charge in [-0.2, -0.15) is 5.10 Å². The minimum Gasteiger partial charge on any atom is -0.370 e. The number of nitro groups is 1. The van der Waals surface area contributed by atoms with Crippen LogP contribution in [0.15, 0.2) is 107 Å². The van der Waals surface area contributed by atoms with Crippen LogP contribution in [0, 0.1) is 24.0 Å². The Kier molecular flexibility index (Phi) is 26.0. The van der Waals surface area contributed by atoms with Crippen molar-refractivity contribution in [1.82, 2.24) is 66.8 Å². The summed E-state index contributed by atoms with van der Waals surface area (Å²) in [6.07, 6.45) is 5.60. The summed E-state index contributed by atoms with van der Waals surface area (Å²) < 4.78 is 1.95. The Morgan fingerprint density at radius 3 is 2.20 bits per heavy atom. The number of hydrogen-bond acceptors (Lipinski definition) is 16. The molecular weight excluding hydrogens is 1190 g/mol. The minimum atomic E-state index is -1.58. The van der Waals surface area contributed by atoms with Gasteiger partial charge in [0.2, 0.25) is 41.4 Å². The van der Waals surface area contributed by atoms with Crippen molar-refractivity contribution in [3.8, 4) is 0 Å². The van der Waals surface area contributed by atoms with Crippen LogP contribution in [0.4, 0.5) is 5.69 Å². The Morgan fingerprint density at radius 2 is 1.51 bits per heavy atom. The Morgan fingerprint density at radius 1 is 0.802 bits per heavy atom. The van der Waals surface area contributed by atoms with Crippen LogP contribution in [-0.2, 0) is 59.4 Å². The molecule has 0 bridgehead atoms. The maximum Gasteiger partial charge on any atom is 0.270 e. The molecule has 0 spiro atoms. The summed E-state index contributed by atoms with van der Waals surface area (Å²) in [5, 5.41) is 36.9. The van der Waals surface area contributed by atoms with E-state index in [0.717, 1.165) is 41.8 Å². The second kappa shape index (κ2) is 34.3. The zero-order valence-corrected chi connectivity index (χ0v) is 51.7. The van der Waals surface area contributed by atoms with Crippen LogP contribution < -0.4 is 60.2 Å². The summed E-state index contributed by atoms with van der Waals surface area (Å²) in [5.41, 5.74) is 26.5. The Hall–Kier alpha value is -9.68. The van der Waals surface area contributed by atoms with Crippen molar-refractivity contribution in [3.63, 3.8) is 0 Å². The third kappa shape index (κ3) is 21.2. The van der Waals surface area contributed by atoms with Crippen molar-refractivity contribution in [3.05, 3.63) is 141 Å². The molecule has 6 aromatic rings. The Labute approximate surface area is 529 Å². The summed E-state index contributed by atoms with van der Waals surface area (Å²) in [6.45, 7) is 7.42. The molecule has 8 amide bonds. The molecule has 7 rings (SSSR count). The van der Waals surface area contributed by atoms with E-state index in [9.17, 15) is 43.7 Å². The Bertz CT molecular complexity index is 3500. The van der Waals surface area contributed by atoms with Gasteiger partial charge in [0.25, 0.3) is 11.6 Å². The number of hydrogen-bond donors (Lipinski definition) is 13. The highest BCUT2D eigenvalue weighted by Gasteiger charge is 2.35. The van der Waals surface area contributed by atoms with Crippen LogP contribution >= 0.6 is 11.8 Å². The number of aryl methyl sites for hydroxylation is 2. The molecule has 0 radical (unpaired) electrons. The van der Waals surface area contributed by atoms with E-state index in [4.69, 9.17) is 22.9 Å². The number of benzene rings is 3. The average Bonchev–Trinajstić information content (AvgIpc) is 1.94. The maximum atomic E-state index is 15.1. The molecule has 0 aliphatic carbocycles.